The van der Waals surface area contributed by atoms with Crippen molar-refractivity contribution in [1.29, 1.82) is 0 Å². The number of aliphatic hydroxyl groups is 1. The van der Waals surface area contributed by atoms with E-state index in [0.717, 1.165) is 24.0 Å². The lowest BCUT2D eigenvalue weighted by atomic mass is 9.84. The highest BCUT2D eigenvalue weighted by Crippen LogP contribution is 2.35. The zero-order chi connectivity index (χ0) is 13.3. The minimum absolute atomic E-state index is 0.0284. The van der Waals surface area contributed by atoms with Crippen LogP contribution in [0.1, 0.15) is 39.5 Å². The zero-order valence-electron chi connectivity index (χ0n) is 11.2. The molecule has 1 aliphatic carbocycles. The molecule has 3 heteroatoms. The van der Waals surface area contributed by atoms with Gasteiger partial charge in [-0.2, -0.15) is 0 Å². The van der Waals surface area contributed by atoms with Gasteiger partial charge >= 0.3 is 5.97 Å². The van der Waals surface area contributed by atoms with Gasteiger partial charge in [-0.15, -0.1) is 0 Å². The van der Waals surface area contributed by atoms with Crippen molar-refractivity contribution in [3.05, 3.63) is 23.8 Å². The van der Waals surface area contributed by atoms with Crippen molar-refractivity contribution in [2.75, 3.05) is 0 Å². The second-order valence-electron chi connectivity index (χ2n) is 5.64. The molecule has 4 atom stereocenters. The van der Waals surface area contributed by atoms with E-state index >= 15 is 0 Å². The predicted molar refractivity (Wildman–Crippen MR) is 69.9 cm³/mol. The summed E-state index contributed by atoms with van der Waals surface area (Å²) in [4.78, 5) is 11.8. The molecule has 100 valence electrons. The fraction of sp³-hybridized carbons (Fsp3) is 0.667. The van der Waals surface area contributed by atoms with Gasteiger partial charge in [0, 0.05) is 5.92 Å². The first-order chi connectivity index (χ1) is 8.49. The first kappa shape index (κ1) is 13.3. The molecule has 2 bridgehead atoms. The number of ether oxygens (including phenoxy) is 1. The first-order valence-electron chi connectivity index (χ1n) is 6.69. The summed E-state index contributed by atoms with van der Waals surface area (Å²) in [6, 6.07) is 0. The first-order valence-corrected chi connectivity index (χ1v) is 6.69. The summed E-state index contributed by atoms with van der Waals surface area (Å²) in [5.74, 6) is 0.0367. The van der Waals surface area contributed by atoms with E-state index in [1.807, 2.05) is 13.8 Å². The zero-order valence-corrected chi connectivity index (χ0v) is 11.2. The molecule has 2 rings (SSSR count). The molecule has 1 heterocycles. The van der Waals surface area contributed by atoms with Crippen LogP contribution in [0.2, 0.25) is 0 Å². The Kier molecular flexibility index (Phi) is 3.91. The van der Waals surface area contributed by atoms with E-state index in [-0.39, 0.29) is 23.9 Å². The maximum absolute atomic E-state index is 11.8. The molecule has 1 N–H and O–H groups in total. The van der Waals surface area contributed by atoms with Crippen LogP contribution in [0.25, 0.3) is 0 Å². The third-order valence-electron chi connectivity index (χ3n) is 4.21. The molecule has 18 heavy (non-hydrogen) atoms. The van der Waals surface area contributed by atoms with Crippen LogP contribution in [0.4, 0.5) is 0 Å². The van der Waals surface area contributed by atoms with Crippen LogP contribution >= 0.6 is 0 Å². The van der Waals surface area contributed by atoms with E-state index in [1.54, 1.807) is 0 Å². The molecule has 1 aliphatic heterocycles. The van der Waals surface area contributed by atoms with Gasteiger partial charge in [0.15, 0.2) is 0 Å². The number of fused-ring (bicyclic) bond motifs is 2. The Morgan fingerprint density at radius 2 is 2.22 bits per heavy atom. The third-order valence-corrected chi connectivity index (χ3v) is 4.21. The van der Waals surface area contributed by atoms with Gasteiger partial charge in [-0.3, -0.25) is 4.79 Å². The largest absolute Gasteiger partial charge is 0.461 e. The van der Waals surface area contributed by atoms with Crippen LogP contribution in [-0.4, -0.2) is 23.3 Å². The standard InChI is InChI=1S/C15H22O3/c1-9(2)12-6-4-10(3)13(16)7-5-11-8-14(12)18-15(11)17/h4,11-14,16H,1,5-8H2,2-3H3/t11-,12+,13-,14+/m0/s1. The van der Waals surface area contributed by atoms with Crippen molar-refractivity contribution < 1.29 is 14.6 Å². The summed E-state index contributed by atoms with van der Waals surface area (Å²) in [5.41, 5.74) is 2.04. The van der Waals surface area contributed by atoms with Gasteiger partial charge in [0.25, 0.3) is 0 Å². The fourth-order valence-electron chi connectivity index (χ4n) is 2.86. The molecule has 0 radical (unpaired) electrons. The number of allylic oxidation sites excluding steroid dienone is 1. The molecule has 3 nitrogen and oxygen atoms in total. The Labute approximate surface area is 109 Å². The number of hydrogen-bond donors (Lipinski definition) is 1. The monoisotopic (exact) mass is 250 g/mol. The highest BCUT2D eigenvalue weighted by molar-refractivity contribution is 5.74. The molecule has 0 aromatic carbocycles. The van der Waals surface area contributed by atoms with E-state index in [0.29, 0.717) is 12.8 Å². The quantitative estimate of drug-likeness (QED) is 0.575. The Morgan fingerprint density at radius 1 is 1.50 bits per heavy atom. The van der Waals surface area contributed by atoms with Gasteiger partial charge in [-0.05, 0) is 45.1 Å². The minimum atomic E-state index is -0.430. The van der Waals surface area contributed by atoms with Crippen molar-refractivity contribution in [2.45, 2.75) is 51.7 Å². The van der Waals surface area contributed by atoms with Crippen molar-refractivity contribution >= 4 is 5.97 Å². The highest BCUT2D eigenvalue weighted by atomic mass is 16.6. The van der Waals surface area contributed by atoms with Crippen molar-refractivity contribution in [1.82, 2.24) is 0 Å². The Balaban J connectivity index is 2.24. The molecule has 0 saturated carbocycles. The lowest BCUT2D eigenvalue weighted by molar-refractivity contribution is -0.145. The van der Waals surface area contributed by atoms with Gasteiger partial charge in [0.2, 0.25) is 0 Å². The maximum Gasteiger partial charge on any atom is 0.309 e. The molecule has 0 unspecified atom stereocenters. The Morgan fingerprint density at radius 3 is 2.89 bits per heavy atom. The van der Waals surface area contributed by atoms with Gasteiger partial charge in [-0.25, -0.2) is 0 Å². The molecule has 2 aliphatic rings. The second-order valence-corrected chi connectivity index (χ2v) is 5.64. The van der Waals surface area contributed by atoms with Crippen molar-refractivity contribution in [2.24, 2.45) is 11.8 Å². The van der Waals surface area contributed by atoms with Gasteiger partial charge < -0.3 is 9.84 Å². The summed E-state index contributed by atoms with van der Waals surface area (Å²) in [5, 5.41) is 9.99. The second kappa shape index (κ2) is 5.27. The van der Waals surface area contributed by atoms with Crippen molar-refractivity contribution in [3.8, 4) is 0 Å². The van der Waals surface area contributed by atoms with Crippen LogP contribution in [0.15, 0.2) is 23.8 Å². The number of carbonyl (C=O) groups excluding carboxylic acids is 1. The minimum Gasteiger partial charge on any atom is -0.461 e. The summed E-state index contributed by atoms with van der Waals surface area (Å²) in [7, 11) is 0. The predicted octanol–water partition coefficient (Wildman–Crippen LogP) is 2.60. The van der Waals surface area contributed by atoms with Gasteiger partial charge in [0.05, 0.1) is 12.0 Å². The van der Waals surface area contributed by atoms with Crippen LogP contribution < -0.4 is 0 Å². The van der Waals surface area contributed by atoms with Crippen LogP contribution in [0.5, 0.6) is 0 Å². The van der Waals surface area contributed by atoms with E-state index in [4.69, 9.17) is 4.74 Å². The van der Waals surface area contributed by atoms with Crippen LogP contribution in [0.3, 0.4) is 0 Å². The van der Waals surface area contributed by atoms with Gasteiger partial charge in [0.1, 0.15) is 6.10 Å². The average molecular weight is 250 g/mol. The molecular weight excluding hydrogens is 228 g/mol. The molecule has 1 fully saturated rings. The van der Waals surface area contributed by atoms with E-state index in [1.165, 1.54) is 0 Å². The summed E-state index contributed by atoms with van der Waals surface area (Å²) >= 11 is 0. The molecule has 0 spiro atoms. The van der Waals surface area contributed by atoms with Gasteiger partial charge in [-0.1, -0.05) is 18.2 Å². The number of esters is 1. The Hall–Kier alpha value is -1.09. The van der Waals surface area contributed by atoms with Crippen LogP contribution in [0, 0.1) is 11.8 Å². The lowest BCUT2D eigenvalue weighted by Gasteiger charge is -2.23. The molecule has 0 aromatic rings. The Bertz CT molecular complexity index is 383. The number of aliphatic hydroxyl groups excluding tert-OH is 1. The van der Waals surface area contributed by atoms with E-state index < -0.39 is 6.10 Å². The normalized spacial score (nSPS) is 36.8. The van der Waals surface area contributed by atoms with E-state index in [2.05, 4.69) is 12.7 Å². The highest BCUT2D eigenvalue weighted by Gasteiger charge is 2.39. The number of rotatable bonds is 1. The molecule has 1 saturated heterocycles. The fourth-order valence-corrected chi connectivity index (χ4v) is 2.86. The topological polar surface area (TPSA) is 46.5 Å². The number of carbonyl (C=O) groups is 1. The third kappa shape index (κ3) is 2.66. The van der Waals surface area contributed by atoms with E-state index in [9.17, 15) is 9.90 Å². The maximum atomic E-state index is 11.8. The summed E-state index contributed by atoms with van der Waals surface area (Å²) < 4.78 is 5.49. The molecular formula is C15H22O3. The van der Waals surface area contributed by atoms with Crippen molar-refractivity contribution in [3.63, 3.8) is 0 Å². The SMILES string of the molecule is C=C(C)[C@H]1CC=C(C)[C@@H](O)CC[C@H]2C[C@H]1OC2=O. The number of hydrogen-bond acceptors (Lipinski definition) is 3. The molecule has 0 aromatic heterocycles. The average Bonchev–Trinajstić information content (AvgIpc) is 2.66. The summed E-state index contributed by atoms with van der Waals surface area (Å²) in [6.07, 6.45) is 4.53. The van der Waals surface area contributed by atoms with Crippen LogP contribution in [-0.2, 0) is 9.53 Å². The smallest absolute Gasteiger partial charge is 0.309 e. The lowest BCUT2D eigenvalue weighted by Crippen LogP contribution is -2.21. The molecule has 0 amide bonds. The summed E-state index contributed by atoms with van der Waals surface area (Å²) in [6.45, 7) is 7.94.